The van der Waals surface area contributed by atoms with E-state index >= 15 is 0 Å². The number of methoxy groups -OCH3 is 3. The fourth-order valence-corrected chi connectivity index (χ4v) is 3.95. The summed E-state index contributed by atoms with van der Waals surface area (Å²) in [4.78, 5) is 0. The molecule has 160 valence electrons. The Labute approximate surface area is 191 Å². The second-order valence-electron chi connectivity index (χ2n) is 7.05. The molecular formula is C24H22Cl2N2O3. The summed E-state index contributed by atoms with van der Waals surface area (Å²) < 4.78 is 16.2. The predicted octanol–water partition coefficient (Wildman–Crippen LogP) is 6.37. The smallest absolute Gasteiger partial charge is 0.161 e. The molecule has 0 amide bonds. The van der Waals surface area contributed by atoms with Crippen molar-refractivity contribution in [1.29, 1.82) is 0 Å². The third-order valence-corrected chi connectivity index (χ3v) is 6.03. The van der Waals surface area contributed by atoms with Gasteiger partial charge in [0.2, 0.25) is 0 Å². The highest BCUT2D eigenvalue weighted by Gasteiger charge is 2.31. The van der Waals surface area contributed by atoms with E-state index in [1.807, 2.05) is 59.6 Å². The van der Waals surface area contributed by atoms with Gasteiger partial charge < -0.3 is 14.2 Å². The quantitative estimate of drug-likeness (QED) is 0.431. The second-order valence-corrected chi connectivity index (χ2v) is 7.87. The lowest BCUT2D eigenvalue weighted by Crippen LogP contribution is -2.18. The average molecular weight is 457 g/mol. The Kier molecular flexibility index (Phi) is 6.25. The van der Waals surface area contributed by atoms with Crippen LogP contribution in [0.4, 0.5) is 5.69 Å². The molecule has 4 rings (SSSR count). The molecule has 0 aliphatic carbocycles. The molecule has 31 heavy (non-hydrogen) atoms. The van der Waals surface area contributed by atoms with Gasteiger partial charge in [0.15, 0.2) is 11.5 Å². The van der Waals surface area contributed by atoms with Crippen molar-refractivity contribution in [3.63, 3.8) is 0 Å². The number of halogens is 2. The molecule has 0 aromatic heterocycles. The van der Waals surface area contributed by atoms with Gasteiger partial charge in [-0.15, -0.1) is 0 Å². The first-order valence-corrected chi connectivity index (χ1v) is 10.5. The predicted molar refractivity (Wildman–Crippen MR) is 125 cm³/mol. The Balaban J connectivity index is 1.76. The third-order valence-electron chi connectivity index (χ3n) is 5.29. The molecule has 1 aliphatic heterocycles. The highest BCUT2D eigenvalue weighted by atomic mass is 35.5. The van der Waals surface area contributed by atoms with Crippen LogP contribution in [0.1, 0.15) is 23.6 Å². The largest absolute Gasteiger partial charge is 0.497 e. The van der Waals surface area contributed by atoms with Gasteiger partial charge in [-0.25, -0.2) is 0 Å². The minimum atomic E-state index is -0.0471. The molecule has 1 unspecified atom stereocenters. The van der Waals surface area contributed by atoms with E-state index in [4.69, 9.17) is 42.5 Å². The molecule has 3 aromatic rings. The van der Waals surface area contributed by atoms with Gasteiger partial charge in [-0.1, -0.05) is 29.3 Å². The van der Waals surface area contributed by atoms with E-state index in [-0.39, 0.29) is 6.04 Å². The number of anilines is 1. The highest BCUT2D eigenvalue weighted by molar-refractivity contribution is 6.42. The molecule has 1 atom stereocenters. The first-order chi connectivity index (χ1) is 15.0. The topological polar surface area (TPSA) is 43.3 Å². The number of hydrazone groups is 1. The zero-order valence-electron chi connectivity index (χ0n) is 17.4. The van der Waals surface area contributed by atoms with E-state index in [0.29, 0.717) is 28.0 Å². The van der Waals surface area contributed by atoms with Crippen LogP contribution in [-0.2, 0) is 0 Å². The summed E-state index contributed by atoms with van der Waals surface area (Å²) in [5, 5.41) is 7.91. The molecule has 7 heteroatoms. The van der Waals surface area contributed by atoms with Gasteiger partial charge in [-0.2, -0.15) is 5.10 Å². The van der Waals surface area contributed by atoms with Crippen molar-refractivity contribution in [3.05, 3.63) is 81.8 Å². The Morgan fingerprint density at radius 2 is 1.55 bits per heavy atom. The van der Waals surface area contributed by atoms with Crippen LogP contribution >= 0.6 is 23.2 Å². The van der Waals surface area contributed by atoms with E-state index in [9.17, 15) is 0 Å². The zero-order valence-corrected chi connectivity index (χ0v) is 18.9. The maximum Gasteiger partial charge on any atom is 0.161 e. The van der Waals surface area contributed by atoms with Gasteiger partial charge in [0, 0.05) is 6.42 Å². The molecule has 0 saturated carbocycles. The van der Waals surface area contributed by atoms with Crippen molar-refractivity contribution in [2.45, 2.75) is 12.5 Å². The van der Waals surface area contributed by atoms with Gasteiger partial charge in [0.1, 0.15) is 5.75 Å². The summed E-state index contributed by atoms with van der Waals surface area (Å²) >= 11 is 12.4. The number of rotatable bonds is 6. The van der Waals surface area contributed by atoms with Crippen molar-refractivity contribution < 1.29 is 14.2 Å². The van der Waals surface area contributed by atoms with Gasteiger partial charge in [-0.05, 0) is 65.7 Å². The van der Waals surface area contributed by atoms with Crippen molar-refractivity contribution >= 4 is 34.6 Å². The van der Waals surface area contributed by atoms with Crippen LogP contribution in [0.2, 0.25) is 10.0 Å². The van der Waals surface area contributed by atoms with E-state index in [1.54, 1.807) is 27.4 Å². The molecule has 5 nitrogen and oxygen atoms in total. The van der Waals surface area contributed by atoms with Crippen LogP contribution in [0.5, 0.6) is 17.2 Å². The first kappa shape index (κ1) is 21.3. The molecular weight excluding hydrogens is 435 g/mol. The van der Waals surface area contributed by atoms with Gasteiger partial charge in [-0.3, -0.25) is 5.01 Å². The van der Waals surface area contributed by atoms with E-state index in [1.165, 1.54) is 0 Å². The highest BCUT2D eigenvalue weighted by Crippen LogP contribution is 2.41. The van der Waals surface area contributed by atoms with Gasteiger partial charge in [0.05, 0.1) is 48.8 Å². The lowest BCUT2D eigenvalue weighted by atomic mass is 9.97. The SMILES string of the molecule is COc1ccc(C2=NN(c3ccc(Cl)c(Cl)c3)C(c3ccc(OC)c(OC)c3)C2)cc1. The normalized spacial score (nSPS) is 15.6. The molecule has 1 heterocycles. The molecule has 0 spiro atoms. The fraction of sp³-hybridized carbons (Fsp3) is 0.208. The summed E-state index contributed by atoms with van der Waals surface area (Å²) in [7, 11) is 4.91. The van der Waals surface area contributed by atoms with Crippen LogP contribution in [0.25, 0.3) is 0 Å². The average Bonchev–Trinajstić information content (AvgIpc) is 3.26. The van der Waals surface area contributed by atoms with E-state index in [0.717, 1.165) is 28.3 Å². The van der Waals surface area contributed by atoms with Crippen molar-refractivity contribution in [2.75, 3.05) is 26.3 Å². The van der Waals surface area contributed by atoms with E-state index in [2.05, 4.69) is 0 Å². The Hall–Kier alpha value is -2.89. The molecule has 0 bridgehead atoms. The molecule has 3 aromatic carbocycles. The van der Waals surface area contributed by atoms with Crippen LogP contribution < -0.4 is 19.2 Å². The first-order valence-electron chi connectivity index (χ1n) is 9.72. The van der Waals surface area contributed by atoms with Gasteiger partial charge >= 0.3 is 0 Å². The summed E-state index contributed by atoms with van der Waals surface area (Å²) in [6.07, 6.45) is 0.710. The van der Waals surface area contributed by atoms with Crippen molar-refractivity contribution in [1.82, 2.24) is 0 Å². The molecule has 0 saturated heterocycles. The van der Waals surface area contributed by atoms with Crippen LogP contribution in [0.15, 0.2) is 65.8 Å². The number of hydrogen-bond donors (Lipinski definition) is 0. The second kappa shape index (κ2) is 9.08. The maximum atomic E-state index is 6.30. The lowest BCUT2D eigenvalue weighted by molar-refractivity contribution is 0.354. The Bertz CT molecular complexity index is 1120. The fourth-order valence-electron chi connectivity index (χ4n) is 3.65. The minimum Gasteiger partial charge on any atom is -0.497 e. The Morgan fingerprint density at radius 3 is 2.19 bits per heavy atom. The number of hydrogen-bond acceptors (Lipinski definition) is 5. The van der Waals surface area contributed by atoms with Crippen LogP contribution in [-0.4, -0.2) is 27.0 Å². The molecule has 0 radical (unpaired) electrons. The van der Waals surface area contributed by atoms with Crippen molar-refractivity contribution in [2.24, 2.45) is 5.10 Å². The van der Waals surface area contributed by atoms with Crippen LogP contribution in [0, 0.1) is 0 Å². The summed E-state index contributed by atoms with van der Waals surface area (Å²) in [6.45, 7) is 0. The van der Waals surface area contributed by atoms with Crippen molar-refractivity contribution in [3.8, 4) is 17.2 Å². The number of benzene rings is 3. The summed E-state index contributed by atoms with van der Waals surface area (Å²) in [6, 6.07) is 19.3. The Morgan fingerprint density at radius 1 is 0.806 bits per heavy atom. The summed E-state index contributed by atoms with van der Waals surface area (Å²) in [5.41, 5.74) is 3.91. The van der Waals surface area contributed by atoms with Crippen LogP contribution in [0.3, 0.4) is 0 Å². The third kappa shape index (κ3) is 4.29. The summed E-state index contributed by atoms with van der Waals surface area (Å²) in [5.74, 6) is 2.16. The zero-order chi connectivity index (χ0) is 22.0. The number of ether oxygens (including phenoxy) is 3. The molecule has 0 fully saturated rings. The van der Waals surface area contributed by atoms with Gasteiger partial charge in [0.25, 0.3) is 0 Å². The lowest BCUT2D eigenvalue weighted by Gasteiger charge is -2.25. The standard InChI is InChI=1S/C24H22Cl2N2O3/c1-29-18-8-4-15(5-9-18)21-14-22(16-6-11-23(30-2)24(12-16)31-3)28(27-21)17-7-10-19(25)20(26)13-17/h4-13,22H,14H2,1-3H3. The maximum absolute atomic E-state index is 6.30. The molecule has 1 aliphatic rings. The monoisotopic (exact) mass is 456 g/mol. The molecule has 0 N–H and O–H groups in total. The number of nitrogens with zero attached hydrogens (tertiary/aromatic N) is 2. The van der Waals surface area contributed by atoms with E-state index < -0.39 is 0 Å². The minimum absolute atomic E-state index is 0.0471.